The summed E-state index contributed by atoms with van der Waals surface area (Å²) in [6, 6.07) is 9.32. The molecule has 0 saturated heterocycles. The molecule has 3 rings (SSSR count). The summed E-state index contributed by atoms with van der Waals surface area (Å²) >= 11 is 6.21. The van der Waals surface area contributed by atoms with Crippen LogP contribution in [0.5, 0.6) is 5.75 Å². The first-order valence-electron chi connectivity index (χ1n) is 8.97. The van der Waals surface area contributed by atoms with E-state index in [-0.39, 0.29) is 16.2 Å². The van der Waals surface area contributed by atoms with Gasteiger partial charge in [-0.1, -0.05) is 50.6 Å². The van der Waals surface area contributed by atoms with Crippen molar-refractivity contribution in [1.82, 2.24) is 0 Å². The molecule has 0 fully saturated rings. The maximum atomic E-state index is 14.7. The highest BCUT2D eigenvalue weighted by molar-refractivity contribution is 6.32. The fourth-order valence-corrected chi connectivity index (χ4v) is 3.56. The summed E-state index contributed by atoms with van der Waals surface area (Å²) in [7, 11) is 1.46. The summed E-state index contributed by atoms with van der Waals surface area (Å²) < 4.78 is 19.9. The maximum absolute atomic E-state index is 14.7. The lowest BCUT2D eigenvalue weighted by atomic mass is 9.82. The first-order valence-corrected chi connectivity index (χ1v) is 9.35. The van der Waals surface area contributed by atoms with Gasteiger partial charge in [0.25, 0.3) is 5.91 Å². The number of Topliss-reactive ketones (excluding diaryl/α,β-unsaturated/α-hetero) is 1. The first kappa shape index (κ1) is 20.9. The van der Waals surface area contributed by atoms with Crippen molar-refractivity contribution in [3.8, 4) is 5.75 Å². The Bertz CT molecular complexity index is 1030. The lowest BCUT2D eigenvalue weighted by molar-refractivity contribution is -0.123. The van der Waals surface area contributed by atoms with Gasteiger partial charge in [-0.3, -0.25) is 14.5 Å². The van der Waals surface area contributed by atoms with E-state index in [1.807, 2.05) is 0 Å². The molecule has 2 aromatic rings. The fraction of sp³-hybridized carbons (Fsp3) is 0.273. The standard InChI is InChI=1S/C22H21ClFNO4/c1-22(2,3)20(27)17-18(13-7-5-6-8-15(13)24)25(21(28)19(17)26)12-9-10-16(29-4)14(23)11-12/h5-11,18,26H,1-4H3. The predicted octanol–water partition coefficient (Wildman–Crippen LogP) is 5.00. The number of aliphatic hydroxyl groups is 1. The van der Waals surface area contributed by atoms with E-state index in [0.717, 1.165) is 0 Å². The van der Waals surface area contributed by atoms with Crippen LogP contribution in [0.4, 0.5) is 10.1 Å². The second kappa shape index (κ2) is 7.52. The molecule has 0 radical (unpaired) electrons. The van der Waals surface area contributed by atoms with Crippen LogP contribution in [0.15, 0.2) is 53.8 Å². The number of amides is 1. The van der Waals surface area contributed by atoms with Crippen LogP contribution >= 0.6 is 11.6 Å². The minimum atomic E-state index is -1.13. The number of methoxy groups -OCH3 is 1. The predicted molar refractivity (Wildman–Crippen MR) is 109 cm³/mol. The molecule has 0 aromatic heterocycles. The number of anilines is 1. The van der Waals surface area contributed by atoms with Gasteiger partial charge in [-0.05, 0) is 24.3 Å². The summed E-state index contributed by atoms with van der Waals surface area (Å²) in [5, 5.41) is 10.8. The molecule has 29 heavy (non-hydrogen) atoms. The Morgan fingerprint density at radius 3 is 2.41 bits per heavy atom. The minimum Gasteiger partial charge on any atom is -0.503 e. The number of aliphatic hydroxyl groups excluding tert-OH is 1. The van der Waals surface area contributed by atoms with Gasteiger partial charge in [-0.15, -0.1) is 0 Å². The largest absolute Gasteiger partial charge is 0.503 e. The molecule has 1 atom stereocenters. The molecule has 2 aromatic carbocycles. The van der Waals surface area contributed by atoms with Gasteiger partial charge in [-0.2, -0.15) is 0 Å². The summed E-state index contributed by atoms with van der Waals surface area (Å²) in [6.45, 7) is 5.02. The third-order valence-corrected chi connectivity index (χ3v) is 5.04. The molecule has 1 N–H and O–H groups in total. The number of benzene rings is 2. The van der Waals surface area contributed by atoms with Crippen LogP contribution in [0.1, 0.15) is 32.4 Å². The monoisotopic (exact) mass is 417 g/mol. The molecule has 0 bridgehead atoms. The maximum Gasteiger partial charge on any atom is 0.294 e. The van der Waals surface area contributed by atoms with Crippen molar-refractivity contribution in [1.29, 1.82) is 0 Å². The molecule has 152 valence electrons. The van der Waals surface area contributed by atoms with Crippen molar-refractivity contribution < 1.29 is 23.8 Å². The lowest BCUT2D eigenvalue weighted by Gasteiger charge is -2.29. The molecule has 5 nitrogen and oxygen atoms in total. The molecule has 1 amide bonds. The van der Waals surface area contributed by atoms with E-state index in [1.54, 1.807) is 39.0 Å². The van der Waals surface area contributed by atoms with Gasteiger partial charge in [0, 0.05) is 16.7 Å². The number of halogens is 2. The zero-order valence-electron chi connectivity index (χ0n) is 16.5. The number of rotatable bonds is 4. The van der Waals surface area contributed by atoms with Crippen LogP contribution in [0, 0.1) is 11.2 Å². The average Bonchev–Trinajstić information content (AvgIpc) is 2.91. The number of carbonyl (C=O) groups is 2. The molecule has 1 aliphatic heterocycles. The molecule has 0 saturated carbocycles. The van der Waals surface area contributed by atoms with Crippen molar-refractivity contribution in [3.05, 3.63) is 70.2 Å². The van der Waals surface area contributed by atoms with Crippen molar-refractivity contribution in [2.45, 2.75) is 26.8 Å². The van der Waals surface area contributed by atoms with Crippen LogP contribution in [-0.4, -0.2) is 23.9 Å². The third-order valence-electron chi connectivity index (χ3n) is 4.75. The number of ether oxygens (including phenoxy) is 1. The summed E-state index contributed by atoms with van der Waals surface area (Å²) in [5.41, 5.74) is -0.623. The van der Waals surface area contributed by atoms with E-state index < -0.39 is 34.7 Å². The Hall–Kier alpha value is -2.86. The van der Waals surface area contributed by atoms with Crippen LogP contribution < -0.4 is 9.64 Å². The summed E-state index contributed by atoms with van der Waals surface area (Å²) in [6.07, 6.45) is 0. The summed E-state index contributed by atoms with van der Waals surface area (Å²) in [4.78, 5) is 27.3. The van der Waals surface area contributed by atoms with Crippen molar-refractivity contribution in [2.75, 3.05) is 12.0 Å². The van der Waals surface area contributed by atoms with Crippen molar-refractivity contribution in [2.24, 2.45) is 5.41 Å². The number of carbonyl (C=O) groups excluding carboxylic acids is 2. The minimum absolute atomic E-state index is 0.101. The average molecular weight is 418 g/mol. The quantitative estimate of drug-likeness (QED) is 0.759. The molecule has 1 aliphatic rings. The van der Waals surface area contributed by atoms with E-state index in [0.29, 0.717) is 11.4 Å². The number of ketones is 1. The fourth-order valence-electron chi connectivity index (χ4n) is 3.30. The molecule has 1 unspecified atom stereocenters. The third kappa shape index (κ3) is 3.60. The zero-order chi connectivity index (χ0) is 21.5. The summed E-state index contributed by atoms with van der Waals surface area (Å²) in [5.74, 6) is -2.13. The van der Waals surface area contributed by atoms with Gasteiger partial charge >= 0.3 is 0 Å². The Labute approximate surface area is 173 Å². The topological polar surface area (TPSA) is 66.8 Å². The van der Waals surface area contributed by atoms with Gasteiger partial charge < -0.3 is 9.84 Å². The smallest absolute Gasteiger partial charge is 0.294 e. The molecule has 0 spiro atoms. The van der Waals surface area contributed by atoms with Crippen molar-refractivity contribution in [3.63, 3.8) is 0 Å². The second-order valence-corrected chi connectivity index (χ2v) is 8.17. The molecular formula is C22H21ClFNO4. The van der Waals surface area contributed by atoms with Gasteiger partial charge in [-0.25, -0.2) is 4.39 Å². The second-order valence-electron chi connectivity index (χ2n) is 7.76. The Morgan fingerprint density at radius 2 is 1.86 bits per heavy atom. The van der Waals surface area contributed by atoms with Gasteiger partial charge in [0.1, 0.15) is 11.6 Å². The molecular weight excluding hydrogens is 397 g/mol. The number of nitrogens with zero attached hydrogens (tertiary/aromatic N) is 1. The zero-order valence-corrected chi connectivity index (χ0v) is 17.2. The van der Waals surface area contributed by atoms with Crippen LogP contribution in [0.25, 0.3) is 0 Å². The van der Waals surface area contributed by atoms with E-state index >= 15 is 0 Å². The van der Waals surface area contributed by atoms with E-state index in [9.17, 15) is 19.1 Å². The molecule has 7 heteroatoms. The highest BCUT2D eigenvalue weighted by Gasteiger charge is 2.47. The highest BCUT2D eigenvalue weighted by Crippen LogP contribution is 2.45. The molecule has 1 heterocycles. The first-order chi connectivity index (χ1) is 13.6. The normalized spacial score (nSPS) is 17.1. The van der Waals surface area contributed by atoms with Gasteiger partial charge in [0.15, 0.2) is 11.5 Å². The van der Waals surface area contributed by atoms with E-state index in [1.165, 1.54) is 36.3 Å². The Balaban J connectivity index is 2.24. The SMILES string of the molecule is COc1ccc(N2C(=O)C(O)=C(C(=O)C(C)(C)C)C2c2ccccc2F)cc1Cl. The van der Waals surface area contributed by atoms with E-state index in [4.69, 9.17) is 16.3 Å². The number of hydrogen-bond acceptors (Lipinski definition) is 4. The van der Waals surface area contributed by atoms with Gasteiger partial charge in [0.05, 0.1) is 23.7 Å². The Kier molecular flexibility index (Phi) is 5.41. The molecule has 0 aliphatic carbocycles. The van der Waals surface area contributed by atoms with E-state index in [2.05, 4.69) is 0 Å². The lowest BCUT2D eigenvalue weighted by Crippen LogP contribution is -2.33. The number of hydrogen-bond donors (Lipinski definition) is 1. The van der Waals surface area contributed by atoms with Crippen molar-refractivity contribution >= 4 is 29.0 Å². The van der Waals surface area contributed by atoms with Gasteiger partial charge in [0.2, 0.25) is 0 Å². The van der Waals surface area contributed by atoms with Crippen LogP contribution in [-0.2, 0) is 9.59 Å². The van der Waals surface area contributed by atoms with Crippen LogP contribution in [0.2, 0.25) is 5.02 Å². The Morgan fingerprint density at radius 1 is 1.21 bits per heavy atom. The van der Waals surface area contributed by atoms with Crippen LogP contribution in [0.3, 0.4) is 0 Å². The highest BCUT2D eigenvalue weighted by atomic mass is 35.5.